The second-order valence-corrected chi connectivity index (χ2v) is 12.7. The van der Waals surface area contributed by atoms with Crippen LogP contribution in [0.4, 0.5) is 0 Å². The van der Waals surface area contributed by atoms with Gasteiger partial charge in [0.2, 0.25) is 0 Å². The lowest BCUT2D eigenvalue weighted by atomic mass is 9.52. The van der Waals surface area contributed by atoms with Crippen molar-refractivity contribution >= 4 is 17.5 Å². The number of rotatable bonds is 3. The molecule has 1 aromatic carbocycles. The van der Waals surface area contributed by atoms with Gasteiger partial charge in [-0.15, -0.1) is 0 Å². The van der Waals surface area contributed by atoms with Crippen molar-refractivity contribution in [2.45, 2.75) is 63.9 Å². The van der Waals surface area contributed by atoms with Crippen LogP contribution < -0.4 is 4.74 Å². The predicted molar refractivity (Wildman–Crippen MR) is 138 cm³/mol. The molecular formula is C32H36O5. The van der Waals surface area contributed by atoms with Crippen molar-refractivity contribution in [2.75, 3.05) is 7.11 Å². The van der Waals surface area contributed by atoms with Crippen molar-refractivity contribution in [3.8, 4) is 5.75 Å². The molecule has 10 atom stereocenters. The van der Waals surface area contributed by atoms with E-state index < -0.39 is 11.5 Å². The molecule has 6 aliphatic carbocycles. The van der Waals surface area contributed by atoms with E-state index in [1.54, 1.807) is 7.11 Å². The third-order valence-electron chi connectivity index (χ3n) is 11.8. The number of ether oxygens (including phenoxy) is 2. The Kier molecular flexibility index (Phi) is 4.86. The molecule has 5 heteroatoms. The lowest BCUT2D eigenvalue weighted by molar-refractivity contribution is -0.149. The average Bonchev–Trinajstić information content (AvgIpc) is 3.41. The Hall–Kier alpha value is -2.69. The maximum atomic E-state index is 14.4. The first-order valence-electron chi connectivity index (χ1n) is 14.0. The Morgan fingerprint density at radius 2 is 1.76 bits per heavy atom. The molecule has 1 aromatic rings. The number of carbonyl (C=O) groups excluding carboxylic acids is 3. The number of carbonyl (C=O) groups is 3. The van der Waals surface area contributed by atoms with Gasteiger partial charge in [-0.2, -0.15) is 0 Å². The molecule has 0 saturated heterocycles. The molecule has 0 amide bonds. The Morgan fingerprint density at radius 1 is 1.00 bits per heavy atom. The molecule has 0 N–H and O–H groups in total. The average molecular weight is 501 g/mol. The summed E-state index contributed by atoms with van der Waals surface area (Å²) in [6.07, 6.45) is 13.9. The minimum atomic E-state index is -0.511. The molecule has 4 fully saturated rings. The summed E-state index contributed by atoms with van der Waals surface area (Å²) >= 11 is 0. The summed E-state index contributed by atoms with van der Waals surface area (Å²) < 4.78 is 11.1. The van der Waals surface area contributed by atoms with Gasteiger partial charge in [0.25, 0.3) is 0 Å². The molecule has 0 radical (unpaired) electrons. The van der Waals surface area contributed by atoms with Gasteiger partial charge in [-0.25, -0.2) is 0 Å². The number of fused-ring (bicyclic) bond motifs is 6. The first-order valence-corrected chi connectivity index (χ1v) is 14.0. The van der Waals surface area contributed by atoms with E-state index in [2.05, 4.69) is 37.3 Å². The molecule has 37 heavy (non-hydrogen) atoms. The van der Waals surface area contributed by atoms with Crippen molar-refractivity contribution in [1.82, 2.24) is 0 Å². The predicted octanol–water partition coefficient (Wildman–Crippen LogP) is 5.23. The zero-order valence-electron chi connectivity index (χ0n) is 21.9. The molecule has 0 heterocycles. The summed E-state index contributed by atoms with van der Waals surface area (Å²) in [6, 6.07) is 8.33. The zero-order valence-corrected chi connectivity index (χ0v) is 21.9. The molecule has 2 bridgehead atoms. The van der Waals surface area contributed by atoms with Crippen LogP contribution in [0.15, 0.2) is 48.6 Å². The molecular weight excluding hydrogens is 464 g/mol. The highest BCUT2D eigenvalue weighted by atomic mass is 16.5. The van der Waals surface area contributed by atoms with Crippen molar-refractivity contribution in [1.29, 1.82) is 0 Å². The minimum absolute atomic E-state index is 0.00669. The van der Waals surface area contributed by atoms with Crippen LogP contribution in [0.25, 0.3) is 0 Å². The van der Waals surface area contributed by atoms with Gasteiger partial charge in [-0.1, -0.05) is 50.1 Å². The molecule has 5 nitrogen and oxygen atoms in total. The number of methoxy groups -OCH3 is 1. The third kappa shape index (κ3) is 2.64. The molecule has 6 aliphatic rings. The second kappa shape index (κ2) is 7.68. The molecule has 0 unspecified atom stereocenters. The quantitative estimate of drug-likeness (QED) is 0.420. The van der Waals surface area contributed by atoms with E-state index in [1.165, 1.54) is 12.5 Å². The van der Waals surface area contributed by atoms with Gasteiger partial charge in [0.05, 0.1) is 13.0 Å². The molecule has 194 valence electrons. The largest absolute Gasteiger partial charge is 0.497 e. The van der Waals surface area contributed by atoms with Gasteiger partial charge in [0.15, 0.2) is 0 Å². The first-order chi connectivity index (χ1) is 17.8. The van der Waals surface area contributed by atoms with Crippen molar-refractivity contribution in [3.63, 3.8) is 0 Å². The van der Waals surface area contributed by atoms with Crippen LogP contribution in [0.2, 0.25) is 0 Å². The lowest BCUT2D eigenvalue weighted by Gasteiger charge is -2.51. The summed E-state index contributed by atoms with van der Waals surface area (Å²) in [5, 5.41) is 0. The number of benzene rings is 1. The fourth-order valence-electron chi connectivity index (χ4n) is 10.6. The Morgan fingerprint density at radius 3 is 2.49 bits per heavy atom. The van der Waals surface area contributed by atoms with Crippen LogP contribution in [-0.4, -0.2) is 30.7 Å². The minimum Gasteiger partial charge on any atom is -0.497 e. The fraction of sp³-hybridized carbons (Fsp3) is 0.594. The Balaban J connectivity index is 1.39. The van der Waals surface area contributed by atoms with Crippen LogP contribution in [0.1, 0.15) is 57.9 Å². The van der Waals surface area contributed by atoms with Crippen LogP contribution in [0, 0.1) is 46.3 Å². The molecule has 7 rings (SSSR count). The van der Waals surface area contributed by atoms with Crippen LogP contribution in [0.3, 0.4) is 0 Å². The van der Waals surface area contributed by atoms with E-state index in [-0.39, 0.29) is 58.1 Å². The van der Waals surface area contributed by atoms with E-state index >= 15 is 0 Å². The second-order valence-electron chi connectivity index (χ2n) is 12.7. The molecule has 0 spiro atoms. The summed E-state index contributed by atoms with van der Waals surface area (Å²) in [7, 11) is 1.68. The summed E-state index contributed by atoms with van der Waals surface area (Å²) in [4.78, 5) is 40.7. The monoisotopic (exact) mass is 500 g/mol. The van der Waals surface area contributed by atoms with E-state index in [0.717, 1.165) is 37.9 Å². The Labute approximate surface area is 218 Å². The third-order valence-corrected chi connectivity index (χ3v) is 11.8. The van der Waals surface area contributed by atoms with Gasteiger partial charge in [0, 0.05) is 30.6 Å². The number of esters is 1. The number of hydrogen-bond donors (Lipinski definition) is 0. The highest BCUT2D eigenvalue weighted by molar-refractivity contribution is 5.95. The van der Waals surface area contributed by atoms with E-state index in [1.807, 2.05) is 18.2 Å². The van der Waals surface area contributed by atoms with Crippen molar-refractivity contribution in [2.24, 2.45) is 46.3 Å². The SMILES string of the molecule is COc1ccc([C@@]23C=C[C@]4(CCCC[C@@]42C)[C@H]2[C@@H]4C(=O)[C@@H]5[C@@H](CC=C[C@@H]5OC(C)=O)[C@@H]4CC(=O)[C@H]23)cc1. The maximum Gasteiger partial charge on any atom is 0.303 e. The summed E-state index contributed by atoms with van der Waals surface area (Å²) in [5.41, 5.74) is 0.488. The standard InChI is InChI=1S/C32H36O5/c1-18(33)37-24-8-6-7-21-22-17-23(34)27-28(26(22)29(35)25(21)24)31-14-5-4-13-30(31,2)32(27,16-15-31)19-9-11-20(36-3)12-10-19/h6,8-12,15-16,21-22,24-28H,4-5,7,13-14,17H2,1-3H3/t21-,22-,24-,25+,26+,27+,28-,30-,31+,32+/m0/s1. The van der Waals surface area contributed by atoms with E-state index in [4.69, 9.17) is 9.47 Å². The van der Waals surface area contributed by atoms with Crippen LogP contribution in [0.5, 0.6) is 5.75 Å². The molecule has 0 aromatic heterocycles. The fourth-order valence-corrected chi connectivity index (χ4v) is 10.6. The van der Waals surface area contributed by atoms with Gasteiger partial charge < -0.3 is 9.47 Å². The summed E-state index contributed by atoms with van der Waals surface area (Å²) in [6.45, 7) is 3.82. The van der Waals surface area contributed by atoms with Gasteiger partial charge in [-0.3, -0.25) is 14.4 Å². The number of Topliss-reactive ketones (excluding diaryl/α,β-unsaturated/α-hetero) is 2. The van der Waals surface area contributed by atoms with Crippen LogP contribution >= 0.6 is 0 Å². The lowest BCUT2D eigenvalue weighted by Crippen LogP contribution is -2.50. The molecule has 0 aliphatic heterocycles. The highest BCUT2D eigenvalue weighted by Crippen LogP contribution is 2.81. The maximum absolute atomic E-state index is 14.4. The van der Waals surface area contributed by atoms with Gasteiger partial charge >= 0.3 is 5.97 Å². The molecule has 4 saturated carbocycles. The van der Waals surface area contributed by atoms with Crippen LogP contribution in [-0.2, 0) is 24.5 Å². The number of ketones is 2. The van der Waals surface area contributed by atoms with E-state index in [0.29, 0.717) is 12.2 Å². The Bertz CT molecular complexity index is 1240. The van der Waals surface area contributed by atoms with Gasteiger partial charge in [0.1, 0.15) is 23.4 Å². The van der Waals surface area contributed by atoms with Gasteiger partial charge in [-0.05, 0) is 71.6 Å². The first kappa shape index (κ1) is 23.4. The van der Waals surface area contributed by atoms with Crippen molar-refractivity contribution < 1.29 is 23.9 Å². The number of allylic oxidation sites excluding steroid dienone is 3. The van der Waals surface area contributed by atoms with E-state index in [9.17, 15) is 14.4 Å². The topological polar surface area (TPSA) is 69.7 Å². The highest BCUT2D eigenvalue weighted by Gasteiger charge is 2.80. The smallest absolute Gasteiger partial charge is 0.303 e. The van der Waals surface area contributed by atoms with Crippen molar-refractivity contribution in [3.05, 3.63) is 54.1 Å². The summed E-state index contributed by atoms with van der Waals surface area (Å²) in [5.74, 6) is 0.456. The number of hydrogen-bond acceptors (Lipinski definition) is 5. The zero-order chi connectivity index (χ0) is 25.7. The normalized spacial score (nSPS) is 46.7.